The van der Waals surface area contributed by atoms with Crippen LogP contribution in [0.4, 0.5) is 0 Å². The molecule has 0 amide bonds. The van der Waals surface area contributed by atoms with Crippen molar-refractivity contribution in [2.75, 3.05) is 6.54 Å². The molecule has 0 saturated heterocycles. The van der Waals surface area contributed by atoms with Crippen LogP contribution in [0, 0.1) is 0 Å². The minimum Gasteiger partial charge on any atom is -0.503 e. The maximum Gasteiger partial charge on any atom is 0.223 e. The molecule has 0 aliphatic heterocycles. The summed E-state index contributed by atoms with van der Waals surface area (Å²) in [5.41, 5.74) is 1.90. The van der Waals surface area contributed by atoms with Crippen molar-refractivity contribution in [3.8, 4) is 5.75 Å². The molecule has 4 heteroatoms. The topological polar surface area (TPSA) is 45.5 Å². The van der Waals surface area contributed by atoms with E-state index in [0.717, 1.165) is 31.7 Å². The standard InChI is InChI=1S/C18H24N2O2/c1-3-10-20-14-18(22)17(21)11-16(20)13-19(4-2)12-15-8-6-5-7-9-15/h5-9,11,14,22H,3-4,10,12-13H2,1-2H3. The molecular weight excluding hydrogens is 276 g/mol. The zero-order chi connectivity index (χ0) is 15.9. The molecule has 2 aromatic rings. The fourth-order valence-electron chi connectivity index (χ4n) is 2.54. The van der Waals surface area contributed by atoms with Crippen molar-refractivity contribution in [1.29, 1.82) is 0 Å². The van der Waals surface area contributed by atoms with Crippen molar-refractivity contribution >= 4 is 0 Å². The lowest BCUT2D eigenvalue weighted by Crippen LogP contribution is -2.25. The van der Waals surface area contributed by atoms with E-state index in [1.54, 1.807) is 12.3 Å². The SMILES string of the molecule is CCCn1cc(O)c(=O)cc1CN(CC)Cc1ccccc1. The van der Waals surface area contributed by atoms with E-state index in [2.05, 4.69) is 30.9 Å². The van der Waals surface area contributed by atoms with Gasteiger partial charge in [-0.3, -0.25) is 9.69 Å². The Labute approximate surface area is 131 Å². The molecule has 0 saturated carbocycles. The van der Waals surface area contributed by atoms with Crippen LogP contribution in [0.1, 0.15) is 31.5 Å². The number of nitrogens with zero attached hydrogens (tertiary/aromatic N) is 2. The van der Waals surface area contributed by atoms with Crippen molar-refractivity contribution in [3.05, 3.63) is 64.1 Å². The summed E-state index contributed by atoms with van der Waals surface area (Å²) in [5.74, 6) is -0.177. The molecule has 0 bridgehead atoms. The third-order valence-corrected chi connectivity index (χ3v) is 3.74. The summed E-state index contributed by atoms with van der Waals surface area (Å²) < 4.78 is 1.98. The number of benzene rings is 1. The zero-order valence-electron chi connectivity index (χ0n) is 13.3. The van der Waals surface area contributed by atoms with E-state index in [1.165, 1.54) is 5.56 Å². The largest absolute Gasteiger partial charge is 0.503 e. The number of pyridine rings is 1. The highest BCUT2D eigenvalue weighted by Crippen LogP contribution is 2.12. The lowest BCUT2D eigenvalue weighted by Gasteiger charge is -2.23. The first-order valence-corrected chi connectivity index (χ1v) is 7.82. The first-order chi connectivity index (χ1) is 10.6. The van der Waals surface area contributed by atoms with E-state index < -0.39 is 0 Å². The van der Waals surface area contributed by atoms with Crippen LogP contribution in [0.25, 0.3) is 0 Å². The first-order valence-electron chi connectivity index (χ1n) is 7.82. The maximum absolute atomic E-state index is 11.7. The number of hydrogen-bond acceptors (Lipinski definition) is 3. The lowest BCUT2D eigenvalue weighted by atomic mass is 10.2. The highest BCUT2D eigenvalue weighted by molar-refractivity contribution is 5.21. The molecule has 22 heavy (non-hydrogen) atoms. The van der Waals surface area contributed by atoms with Crippen molar-refractivity contribution in [2.45, 2.75) is 39.9 Å². The van der Waals surface area contributed by atoms with Crippen LogP contribution in [0.2, 0.25) is 0 Å². The van der Waals surface area contributed by atoms with Gasteiger partial charge in [0, 0.05) is 31.4 Å². The number of rotatable bonds is 7. The van der Waals surface area contributed by atoms with Crippen LogP contribution in [-0.2, 0) is 19.6 Å². The molecule has 1 heterocycles. The van der Waals surface area contributed by atoms with Gasteiger partial charge in [-0.2, -0.15) is 0 Å². The molecule has 0 radical (unpaired) electrons. The van der Waals surface area contributed by atoms with Gasteiger partial charge in [-0.15, -0.1) is 0 Å². The molecular formula is C18H24N2O2. The van der Waals surface area contributed by atoms with Gasteiger partial charge in [0.05, 0.1) is 6.20 Å². The summed E-state index contributed by atoms with van der Waals surface area (Å²) in [4.78, 5) is 14.0. The van der Waals surface area contributed by atoms with E-state index >= 15 is 0 Å². The molecule has 1 aromatic heterocycles. The second kappa shape index (κ2) is 7.80. The van der Waals surface area contributed by atoms with Crippen LogP contribution in [0.3, 0.4) is 0 Å². The second-order valence-corrected chi connectivity index (χ2v) is 5.50. The summed E-state index contributed by atoms with van der Waals surface area (Å²) in [6.45, 7) is 7.44. The normalized spacial score (nSPS) is 11.0. The molecule has 0 fully saturated rings. The Morgan fingerprint density at radius 1 is 1.14 bits per heavy atom. The Bertz CT molecular complexity index is 650. The molecule has 0 unspecified atom stereocenters. The van der Waals surface area contributed by atoms with E-state index in [9.17, 15) is 9.90 Å². The summed E-state index contributed by atoms with van der Waals surface area (Å²) in [5, 5.41) is 9.63. The third-order valence-electron chi connectivity index (χ3n) is 3.74. The predicted molar refractivity (Wildman–Crippen MR) is 88.9 cm³/mol. The minimum absolute atomic E-state index is 0.177. The highest BCUT2D eigenvalue weighted by Gasteiger charge is 2.10. The minimum atomic E-state index is -0.307. The molecule has 2 rings (SSSR count). The van der Waals surface area contributed by atoms with E-state index in [4.69, 9.17) is 0 Å². The van der Waals surface area contributed by atoms with Gasteiger partial charge in [-0.1, -0.05) is 44.2 Å². The Kier molecular flexibility index (Phi) is 5.78. The summed E-state index contributed by atoms with van der Waals surface area (Å²) in [6, 6.07) is 11.9. The van der Waals surface area contributed by atoms with Crippen LogP contribution in [0.15, 0.2) is 47.4 Å². The molecule has 1 aromatic carbocycles. The molecule has 0 spiro atoms. The van der Waals surface area contributed by atoms with Gasteiger partial charge in [-0.05, 0) is 18.5 Å². The predicted octanol–water partition coefficient (Wildman–Crippen LogP) is 2.99. The third kappa shape index (κ3) is 4.21. The quantitative estimate of drug-likeness (QED) is 0.855. The smallest absolute Gasteiger partial charge is 0.223 e. The van der Waals surface area contributed by atoms with Gasteiger partial charge in [-0.25, -0.2) is 0 Å². The van der Waals surface area contributed by atoms with Crippen molar-refractivity contribution in [2.24, 2.45) is 0 Å². The summed E-state index contributed by atoms with van der Waals surface area (Å²) in [6.07, 6.45) is 2.51. The molecule has 0 aliphatic rings. The molecule has 118 valence electrons. The summed E-state index contributed by atoms with van der Waals surface area (Å²) in [7, 11) is 0. The Hall–Kier alpha value is -2.07. The lowest BCUT2D eigenvalue weighted by molar-refractivity contribution is 0.262. The maximum atomic E-state index is 11.7. The number of hydrogen-bond donors (Lipinski definition) is 1. The van der Waals surface area contributed by atoms with Crippen LogP contribution >= 0.6 is 0 Å². The van der Waals surface area contributed by atoms with Crippen LogP contribution in [0.5, 0.6) is 5.75 Å². The van der Waals surface area contributed by atoms with E-state index in [-0.39, 0.29) is 11.2 Å². The van der Waals surface area contributed by atoms with Crippen molar-refractivity contribution in [1.82, 2.24) is 9.47 Å². The Balaban J connectivity index is 2.19. The average molecular weight is 300 g/mol. The number of aryl methyl sites for hydroxylation is 1. The Morgan fingerprint density at radius 3 is 2.50 bits per heavy atom. The van der Waals surface area contributed by atoms with E-state index in [0.29, 0.717) is 6.54 Å². The fourth-order valence-corrected chi connectivity index (χ4v) is 2.54. The van der Waals surface area contributed by atoms with Gasteiger partial charge in [0.2, 0.25) is 5.43 Å². The van der Waals surface area contributed by atoms with Gasteiger partial charge in [0.1, 0.15) is 0 Å². The first kappa shape index (κ1) is 16.3. The zero-order valence-corrected chi connectivity index (χ0v) is 13.3. The van der Waals surface area contributed by atoms with Crippen molar-refractivity contribution in [3.63, 3.8) is 0 Å². The Morgan fingerprint density at radius 2 is 1.86 bits per heavy atom. The highest BCUT2D eigenvalue weighted by atomic mass is 16.3. The molecule has 0 atom stereocenters. The van der Waals surface area contributed by atoms with E-state index in [1.807, 2.05) is 22.8 Å². The molecule has 4 nitrogen and oxygen atoms in total. The van der Waals surface area contributed by atoms with Crippen LogP contribution in [-0.4, -0.2) is 21.1 Å². The van der Waals surface area contributed by atoms with Gasteiger partial charge in [0.15, 0.2) is 5.75 Å². The van der Waals surface area contributed by atoms with Crippen LogP contribution < -0.4 is 5.43 Å². The number of aromatic hydroxyl groups is 1. The molecule has 1 N–H and O–H groups in total. The summed E-state index contributed by atoms with van der Waals surface area (Å²) >= 11 is 0. The van der Waals surface area contributed by atoms with Gasteiger partial charge in [0.25, 0.3) is 0 Å². The number of aromatic nitrogens is 1. The average Bonchev–Trinajstić information content (AvgIpc) is 2.52. The van der Waals surface area contributed by atoms with Gasteiger partial charge < -0.3 is 9.67 Å². The fraction of sp³-hybridized carbons (Fsp3) is 0.389. The molecule has 0 aliphatic carbocycles. The second-order valence-electron chi connectivity index (χ2n) is 5.50. The monoisotopic (exact) mass is 300 g/mol. The van der Waals surface area contributed by atoms with Crippen molar-refractivity contribution < 1.29 is 5.11 Å². The van der Waals surface area contributed by atoms with Gasteiger partial charge >= 0.3 is 0 Å².